The smallest absolute Gasteiger partial charge is 0.200 e. The number of halogens is 3. The third-order valence-corrected chi connectivity index (χ3v) is 6.86. The van der Waals surface area contributed by atoms with Crippen LogP contribution < -0.4 is 21.2 Å². The first kappa shape index (κ1) is 25.3. The third-order valence-electron chi connectivity index (χ3n) is 5.77. The number of ether oxygens (including phenoxy) is 1. The van der Waals surface area contributed by atoms with Crippen molar-refractivity contribution in [3.63, 3.8) is 0 Å². The number of pyridine rings is 3. The maximum absolute atomic E-state index is 15.0. The van der Waals surface area contributed by atoms with Gasteiger partial charge >= 0.3 is 0 Å². The number of nitrogens with zero attached hydrogens (tertiary/aromatic N) is 3. The first-order chi connectivity index (χ1) is 18.4. The quantitative estimate of drug-likeness (QED) is 0.156. The Bertz CT molecular complexity index is 1740. The van der Waals surface area contributed by atoms with Crippen LogP contribution in [0.5, 0.6) is 11.5 Å². The average molecular weight is 623 g/mol. The van der Waals surface area contributed by atoms with Crippen LogP contribution >= 0.6 is 22.6 Å². The largest absolute Gasteiger partial charge is 0.453 e. The van der Waals surface area contributed by atoms with Crippen LogP contribution in [0.25, 0.3) is 22.0 Å². The van der Waals surface area contributed by atoms with Crippen LogP contribution in [0.3, 0.4) is 0 Å². The van der Waals surface area contributed by atoms with Gasteiger partial charge in [0.05, 0.1) is 14.5 Å². The second-order valence-corrected chi connectivity index (χ2v) is 9.33. The molecule has 0 aliphatic rings. The molecule has 3 N–H and O–H groups in total. The Balaban J connectivity index is 1.55. The number of hydrogen-bond donors (Lipinski definition) is 2. The van der Waals surface area contributed by atoms with Gasteiger partial charge in [0, 0.05) is 48.5 Å². The van der Waals surface area contributed by atoms with Crippen molar-refractivity contribution in [1.82, 2.24) is 14.5 Å². The summed E-state index contributed by atoms with van der Waals surface area (Å²) < 4.78 is 36.6. The zero-order valence-electron chi connectivity index (χ0n) is 19.8. The molecule has 0 aliphatic carbocycles. The molecule has 10 heteroatoms. The molecule has 0 radical (unpaired) electrons. The zero-order valence-corrected chi connectivity index (χ0v) is 21.9. The lowest BCUT2D eigenvalue weighted by atomic mass is 10.0. The third kappa shape index (κ3) is 4.94. The van der Waals surface area contributed by atoms with E-state index in [1.54, 1.807) is 48.8 Å². The van der Waals surface area contributed by atoms with Crippen LogP contribution in [0.2, 0.25) is 0 Å². The van der Waals surface area contributed by atoms with E-state index in [-0.39, 0.29) is 22.8 Å². The van der Waals surface area contributed by atoms with E-state index in [0.29, 0.717) is 43.6 Å². The summed E-state index contributed by atoms with van der Waals surface area (Å²) in [7, 11) is 0. The average Bonchev–Trinajstić information content (AvgIpc) is 2.90. The number of nitrogens with one attached hydrogen (secondary N) is 1. The van der Waals surface area contributed by atoms with Crippen molar-refractivity contribution >= 4 is 50.8 Å². The Kier molecular flexibility index (Phi) is 7.05. The van der Waals surface area contributed by atoms with Crippen LogP contribution in [-0.2, 0) is 6.54 Å². The summed E-state index contributed by atoms with van der Waals surface area (Å²) in [5.74, 6) is -0.120. The second kappa shape index (κ2) is 10.6. The van der Waals surface area contributed by atoms with Crippen molar-refractivity contribution in [1.29, 1.82) is 0 Å². The van der Waals surface area contributed by atoms with E-state index in [0.717, 1.165) is 0 Å². The minimum absolute atomic E-state index is 0.00289. The van der Waals surface area contributed by atoms with Gasteiger partial charge in [0.25, 0.3) is 0 Å². The number of aromatic nitrogens is 3. The maximum atomic E-state index is 15.0. The number of nitrogens with two attached hydrogens (primary N) is 1. The lowest BCUT2D eigenvalue weighted by Gasteiger charge is -2.15. The number of hydrogen-bond acceptors (Lipinski definition) is 6. The van der Waals surface area contributed by atoms with Crippen molar-refractivity contribution in [3.8, 4) is 22.6 Å². The Morgan fingerprint density at radius 2 is 1.82 bits per heavy atom. The van der Waals surface area contributed by atoms with E-state index in [2.05, 4.69) is 21.9 Å². The predicted molar refractivity (Wildman–Crippen MR) is 153 cm³/mol. The van der Waals surface area contributed by atoms with Gasteiger partial charge in [0.1, 0.15) is 23.2 Å². The minimum atomic E-state index is -0.627. The van der Waals surface area contributed by atoms with E-state index < -0.39 is 11.6 Å². The van der Waals surface area contributed by atoms with Crippen LogP contribution in [0.1, 0.15) is 0 Å². The Morgan fingerprint density at radius 1 is 1.05 bits per heavy atom. The van der Waals surface area contributed by atoms with Gasteiger partial charge < -0.3 is 20.4 Å². The van der Waals surface area contributed by atoms with Crippen molar-refractivity contribution < 1.29 is 13.5 Å². The molecular formula is C28H20F2IN5O2. The molecule has 0 fully saturated rings. The fourth-order valence-corrected chi connectivity index (χ4v) is 4.42. The zero-order chi connectivity index (χ0) is 26.8. The van der Waals surface area contributed by atoms with E-state index >= 15 is 4.39 Å². The molecule has 5 rings (SSSR count). The first-order valence-electron chi connectivity index (χ1n) is 11.4. The van der Waals surface area contributed by atoms with Crippen LogP contribution in [0.4, 0.5) is 26.1 Å². The Hall–Kier alpha value is -4.32. The molecule has 0 aliphatic heterocycles. The van der Waals surface area contributed by atoms with Crippen molar-refractivity contribution in [2.75, 3.05) is 11.1 Å². The molecule has 0 saturated carbocycles. The van der Waals surface area contributed by atoms with Crippen molar-refractivity contribution in [2.24, 2.45) is 0 Å². The number of allylic oxidation sites excluding steroid dienone is 1. The molecule has 2 aromatic carbocycles. The maximum Gasteiger partial charge on any atom is 0.200 e. The van der Waals surface area contributed by atoms with Gasteiger partial charge in [-0.2, -0.15) is 0 Å². The van der Waals surface area contributed by atoms with Crippen LogP contribution in [-0.4, -0.2) is 14.5 Å². The minimum Gasteiger partial charge on any atom is -0.453 e. The SMILES string of the molecule is C=CCn1cc(-c2ccc(F)cc2)c(=O)c2c(Nc3ccc(Oc4ccnc(N)c4I)c(F)c3)nccc21. The van der Waals surface area contributed by atoms with Gasteiger partial charge in [-0.15, -0.1) is 6.58 Å². The molecule has 0 amide bonds. The molecule has 0 atom stereocenters. The molecule has 38 heavy (non-hydrogen) atoms. The molecule has 3 aromatic heterocycles. The predicted octanol–water partition coefficient (Wildman–Crippen LogP) is 6.65. The lowest BCUT2D eigenvalue weighted by molar-refractivity contribution is 0.440. The topological polar surface area (TPSA) is 95.1 Å². The van der Waals surface area contributed by atoms with E-state index in [9.17, 15) is 9.18 Å². The van der Waals surface area contributed by atoms with Gasteiger partial charge in [0.2, 0.25) is 5.43 Å². The summed E-state index contributed by atoms with van der Waals surface area (Å²) in [5.41, 5.74) is 7.41. The van der Waals surface area contributed by atoms with Crippen LogP contribution in [0.15, 0.2) is 90.6 Å². The molecule has 0 unspecified atom stereocenters. The summed E-state index contributed by atoms with van der Waals surface area (Å²) in [6.07, 6.45) is 6.46. The Morgan fingerprint density at radius 3 is 2.55 bits per heavy atom. The Labute approximate surface area is 229 Å². The number of benzene rings is 2. The summed E-state index contributed by atoms with van der Waals surface area (Å²) in [5, 5.41) is 3.36. The fourth-order valence-electron chi connectivity index (χ4n) is 3.99. The first-order valence-corrected chi connectivity index (χ1v) is 12.5. The van der Waals surface area contributed by atoms with Gasteiger partial charge in [0.15, 0.2) is 11.6 Å². The number of anilines is 3. The molecule has 5 aromatic rings. The summed E-state index contributed by atoms with van der Waals surface area (Å²) >= 11 is 1.98. The highest BCUT2D eigenvalue weighted by Crippen LogP contribution is 2.33. The molecule has 190 valence electrons. The molecule has 7 nitrogen and oxygen atoms in total. The van der Waals surface area contributed by atoms with Gasteiger partial charge in [-0.05, 0) is 58.5 Å². The molecular weight excluding hydrogens is 603 g/mol. The second-order valence-electron chi connectivity index (χ2n) is 8.25. The monoisotopic (exact) mass is 623 g/mol. The highest BCUT2D eigenvalue weighted by Gasteiger charge is 2.16. The van der Waals surface area contributed by atoms with Gasteiger partial charge in [-0.3, -0.25) is 4.79 Å². The molecule has 0 saturated heterocycles. The normalized spacial score (nSPS) is 10.9. The van der Waals surface area contributed by atoms with Gasteiger partial charge in [-0.25, -0.2) is 18.7 Å². The summed E-state index contributed by atoms with van der Waals surface area (Å²) in [6, 6.07) is 13.3. The number of fused-ring (bicyclic) bond motifs is 1. The summed E-state index contributed by atoms with van der Waals surface area (Å²) in [4.78, 5) is 22.0. The molecule has 0 bridgehead atoms. The van der Waals surface area contributed by atoms with E-state index in [4.69, 9.17) is 10.5 Å². The highest BCUT2D eigenvalue weighted by atomic mass is 127. The molecule has 0 spiro atoms. The lowest BCUT2D eigenvalue weighted by Crippen LogP contribution is -2.14. The van der Waals surface area contributed by atoms with Crippen molar-refractivity contribution in [3.05, 3.63) is 111 Å². The highest BCUT2D eigenvalue weighted by molar-refractivity contribution is 14.1. The summed E-state index contributed by atoms with van der Waals surface area (Å²) in [6.45, 7) is 4.23. The van der Waals surface area contributed by atoms with Gasteiger partial charge in [-0.1, -0.05) is 18.2 Å². The fraction of sp³-hybridized carbons (Fsp3) is 0.0357. The molecule has 3 heterocycles. The standard InChI is InChI=1S/C28H20F2IN5O2/c1-2-13-36-15-19(16-3-5-17(29)6-4-16)26(37)24-21(36)9-11-34-28(24)35-18-7-8-22(20(30)14-18)38-23-10-12-33-27(32)25(23)31/h2-12,14-15H,1,13H2,(H2,32,33)(H,34,35). The van der Waals surface area contributed by atoms with E-state index in [1.807, 2.05) is 27.2 Å². The number of nitrogen functional groups attached to an aromatic ring is 1. The number of rotatable bonds is 7. The van der Waals surface area contributed by atoms with Crippen molar-refractivity contribution in [2.45, 2.75) is 6.54 Å². The van der Waals surface area contributed by atoms with Crippen LogP contribution in [0, 0.1) is 15.2 Å². The van der Waals surface area contributed by atoms with E-state index in [1.165, 1.54) is 30.5 Å².